The van der Waals surface area contributed by atoms with E-state index >= 15 is 0 Å². The van der Waals surface area contributed by atoms with E-state index in [0.717, 1.165) is 40.6 Å². The van der Waals surface area contributed by atoms with Gasteiger partial charge in [0.15, 0.2) is 0 Å². The number of carbonyl (C=O) groups is 1. The van der Waals surface area contributed by atoms with E-state index in [0.29, 0.717) is 6.54 Å². The first kappa shape index (κ1) is 14.3. The molecule has 3 rings (SSSR count). The van der Waals surface area contributed by atoms with E-state index < -0.39 is 0 Å². The summed E-state index contributed by atoms with van der Waals surface area (Å²) in [5.41, 5.74) is 0.968. The number of nitrogens with zero attached hydrogens (tertiary/aromatic N) is 2. The van der Waals surface area contributed by atoms with Crippen LogP contribution in [0.2, 0.25) is 0 Å². The smallest absolute Gasteiger partial charge is 0.310 e. The van der Waals surface area contributed by atoms with Crippen LogP contribution in [0, 0.1) is 5.92 Å². The third-order valence-corrected chi connectivity index (χ3v) is 4.41. The lowest BCUT2D eigenvalue weighted by atomic mass is 9.98. The van der Waals surface area contributed by atoms with Gasteiger partial charge in [0.25, 0.3) is 0 Å². The van der Waals surface area contributed by atoms with E-state index in [1.807, 2.05) is 18.2 Å². The lowest BCUT2D eigenvalue weighted by Gasteiger charge is -2.32. The van der Waals surface area contributed by atoms with Crippen molar-refractivity contribution in [3.8, 4) is 0 Å². The van der Waals surface area contributed by atoms with E-state index in [4.69, 9.17) is 9.72 Å². The van der Waals surface area contributed by atoms with Crippen LogP contribution in [-0.2, 0) is 9.53 Å². The van der Waals surface area contributed by atoms with Gasteiger partial charge < -0.3 is 9.64 Å². The number of hydrogen-bond donors (Lipinski definition) is 0. The molecule has 0 N–H and O–H groups in total. The SMILES string of the molecule is COC(=O)[C@H]1CCCN(c2ccc3cc(Br)ccc3n2)C1. The molecule has 1 aromatic carbocycles. The van der Waals surface area contributed by atoms with Crippen molar-refractivity contribution < 1.29 is 9.53 Å². The second-order valence-electron chi connectivity index (χ2n) is 5.31. The lowest BCUT2D eigenvalue weighted by Crippen LogP contribution is -2.39. The highest BCUT2D eigenvalue weighted by Gasteiger charge is 2.27. The van der Waals surface area contributed by atoms with Crippen LogP contribution < -0.4 is 4.90 Å². The van der Waals surface area contributed by atoms with Gasteiger partial charge >= 0.3 is 5.97 Å². The maximum absolute atomic E-state index is 11.7. The van der Waals surface area contributed by atoms with Crippen molar-refractivity contribution in [2.24, 2.45) is 5.92 Å². The fourth-order valence-electron chi connectivity index (χ4n) is 2.81. The van der Waals surface area contributed by atoms with Gasteiger partial charge in [-0.1, -0.05) is 15.9 Å². The summed E-state index contributed by atoms with van der Waals surface area (Å²) in [5.74, 6) is 0.758. The maximum Gasteiger partial charge on any atom is 0.310 e. The van der Waals surface area contributed by atoms with Crippen LogP contribution in [0.3, 0.4) is 0 Å². The molecule has 0 unspecified atom stereocenters. The number of anilines is 1. The van der Waals surface area contributed by atoms with Crippen molar-refractivity contribution in [3.63, 3.8) is 0 Å². The number of hydrogen-bond acceptors (Lipinski definition) is 4. The first-order valence-electron chi connectivity index (χ1n) is 7.06. The van der Waals surface area contributed by atoms with E-state index in [1.54, 1.807) is 0 Å². The van der Waals surface area contributed by atoms with Crippen molar-refractivity contribution >= 4 is 38.6 Å². The van der Waals surface area contributed by atoms with Crippen molar-refractivity contribution in [2.75, 3.05) is 25.1 Å². The molecule has 110 valence electrons. The van der Waals surface area contributed by atoms with Gasteiger partial charge in [-0.25, -0.2) is 4.98 Å². The highest BCUT2D eigenvalue weighted by atomic mass is 79.9. The maximum atomic E-state index is 11.7. The molecule has 21 heavy (non-hydrogen) atoms. The molecule has 1 atom stereocenters. The zero-order valence-electron chi connectivity index (χ0n) is 11.9. The number of carbonyl (C=O) groups excluding carboxylic acids is 1. The topological polar surface area (TPSA) is 42.4 Å². The van der Waals surface area contributed by atoms with Gasteiger partial charge in [0.05, 0.1) is 18.5 Å². The summed E-state index contributed by atoms with van der Waals surface area (Å²) < 4.78 is 5.92. The summed E-state index contributed by atoms with van der Waals surface area (Å²) in [6.07, 6.45) is 1.88. The second kappa shape index (κ2) is 6.02. The first-order chi connectivity index (χ1) is 10.2. The highest BCUT2D eigenvalue weighted by Crippen LogP contribution is 2.25. The number of fused-ring (bicyclic) bond motifs is 1. The van der Waals surface area contributed by atoms with Crippen molar-refractivity contribution in [1.29, 1.82) is 0 Å². The Morgan fingerprint density at radius 1 is 1.38 bits per heavy atom. The molecule has 2 aromatic rings. The number of aromatic nitrogens is 1. The molecule has 0 aliphatic carbocycles. The second-order valence-corrected chi connectivity index (χ2v) is 6.23. The molecule has 4 nitrogen and oxygen atoms in total. The summed E-state index contributed by atoms with van der Waals surface area (Å²) in [6, 6.07) is 10.1. The first-order valence-corrected chi connectivity index (χ1v) is 7.86. The van der Waals surface area contributed by atoms with Crippen molar-refractivity contribution in [2.45, 2.75) is 12.8 Å². The zero-order chi connectivity index (χ0) is 14.8. The molecule has 2 heterocycles. The predicted molar refractivity (Wildman–Crippen MR) is 86.4 cm³/mol. The number of esters is 1. The molecule has 1 fully saturated rings. The average molecular weight is 349 g/mol. The fraction of sp³-hybridized carbons (Fsp3) is 0.375. The van der Waals surface area contributed by atoms with Gasteiger partial charge in [0.1, 0.15) is 5.82 Å². The Morgan fingerprint density at radius 2 is 2.24 bits per heavy atom. The minimum atomic E-state index is -0.121. The Bertz CT molecular complexity index is 674. The Labute approximate surface area is 132 Å². The number of piperidine rings is 1. The zero-order valence-corrected chi connectivity index (χ0v) is 13.5. The van der Waals surface area contributed by atoms with Crippen molar-refractivity contribution in [3.05, 3.63) is 34.8 Å². The number of pyridine rings is 1. The van der Waals surface area contributed by atoms with Gasteiger partial charge in [-0.15, -0.1) is 0 Å². The highest BCUT2D eigenvalue weighted by molar-refractivity contribution is 9.10. The van der Waals surface area contributed by atoms with Crippen LogP contribution in [0.5, 0.6) is 0 Å². The van der Waals surface area contributed by atoms with Crippen LogP contribution in [-0.4, -0.2) is 31.2 Å². The Hall–Kier alpha value is -1.62. The minimum absolute atomic E-state index is 0.0498. The summed E-state index contributed by atoms with van der Waals surface area (Å²) in [7, 11) is 1.45. The van der Waals surface area contributed by atoms with Crippen LogP contribution in [0.1, 0.15) is 12.8 Å². The third kappa shape index (κ3) is 3.02. The minimum Gasteiger partial charge on any atom is -0.469 e. The summed E-state index contributed by atoms with van der Waals surface area (Å²) in [4.78, 5) is 18.6. The molecule has 1 aliphatic heterocycles. The largest absolute Gasteiger partial charge is 0.469 e. The number of halogens is 1. The summed E-state index contributed by atoms with van der Waals surface area (Å²) in [6.45, 7) is 1.62. The summed E-state index contributed by atoms with van der Waals surface area (Å²) >= 11 is 3.47. The molecule has 0 amide bonds. The third-order valence-electron chi connectivity index (χ3n) is 3.92. The molecular formula is C16H17BrN2O2. The molecule has 5 heteroatoms. The van der Waals surface area contributed by atoms with Crippen LogP contribution >= 0.6 is 15.9 Å². The van der Waals surface area contributed by atoms with Gasteiger partial charge in [-0.3, -0.25) is 4.79 Å². The predicted octanol–water partition coefficient (Wildman–Crippen LogP) is 3.39. The summed E-state index contributed by atoms with van der Waals surface area (Å²) in [5, 5.41) is 1.11. The normalized spacial score (nSPS) is 18.8. The molecule has 0 radical (unpaired) electrons. The van der Waals surface area contributed by atoms with E-state index in [2.05, 4.69) is 33.0 Å². The van der Waals surface area contributed by atoms with E-state index in [9.17, 15) is 4.79 Å². The monoisotopic (exact) mass is 348 g/mol. The number of methoxy groups -OCH3 is 1. The molecule has 0 spiro atoms. The Morgan fingerprint density at radius 3 is 3.05 bits per heavy atom. The number of ether oxygens (including phenoxy) is 1. The Balaban J connectivity index is 1.86. The number of rotatable bonds is 2. The van der Waals surface area contributed by atoms with Gasteiger partial charge in [-0.05, 0) is 43.2 Å². The average Bonchev–Trinajstić information content (AvgIpc) is 2.53. The van der Waals surface area contributed by atoms with Gasteiger partial charge in [0.2, 0.25) is 0 Å². The molecule has 1 aromatic heterocycles. The Kier molecular flexibility index (Phi) is 4.10. The number of benzene rings is 1. The molecular weight excluding hydrogens is 332 g/mol. The quantitative estimate of drug-likeness (QED) is 0.780. The van der Waals surface area contributed by atoms with E-state index in [-0.39, 0.29) is 11.9 Å². The molecule has 0 saturated carbocycles. The van der Waals surface area contributed by atoms with E-state index in [1.165, 1.54) is 7.11 Å². The van der Waals surface area contributed by atoms with Crippen LogP contribution in [0.15, 0.2) is 34.8 Å². The lowest BCUT2D eigenvalue weighted by molar-refractivity contribution is -0.145. The van der Waals surface area contributed by atoms with Crippen molar-refractivity contribution in [1.82, 2.24) is 4.98 Å². The standard InChI is InChI=1S/C16H17BrN2O2/c1-21-16(20)12-3-2-8-19(10-12)15-7-4-11-9-13(17)5-6-14(11)18-15/h4-7,9,12H,2-3,8,10H2,1H3/t12-/m0/s1. The van der Waals surface area contributed by atoms with Crippen LogP contribution in [0.4, 0.5) is 5.82 Å². The molecule has 1 saturated heterocycles. The van der Waals surface area contributed by atoms with Gasteiger partial charge in [0, 0.05) is 22.9 Å². The van der Waals surface area contributed by atoms with Crippen LogP contribution in [0.25, 0.3) is 10.9 Å². The molecule has 0 bridgehead atoms. The molecule has 1 aliphatic rings. The van der Waals surface area contributed by atoms with Gasteiger partial charge in [-0.2, -0.15) is 0 Å². The fourth-order valence-corrected chi connectivity index (χ4v) is 3.18.